The molecule has 0 aliphatic heterocycles. The van der Waals surface area contributed by atoms with Crippen molar-refractivity contribution < 1.29 is 0 Å². The Kier molecular flexibility index (Phi) is 4.63. The molecule has 0 fully saturated rings. The molecule has 1 aromatic heterocycles. The summed E-state index contributed by atoms with van der Waals surface area (Å²) in [5, 5.41) is 3.28. The molecule has 0 aliphatic carbocycles. The van der Waals surface area contributed by atoms with Gasteiger partial charge in [-0.15, -0.1) is 0 Å². The Morgan fingerprint density at radius 3 is 2.71 bits per heavy atom. The van der Waals surface area contributed by atoms with Gasteiger partial charge in [0.2, 0.25) is 0 Å². The van der Waals surface area contributed by atoms with E-state index < -0.39 is 0 Å². The molecule has 0 aliphatic rings. The van der Waals surface area contributed by atoms with Crippen LogP contribution in [0.1, 0.15) is 25.2 Å². The zero-order valence-corrected chi connectivity index (χ0v) is 11.1. The van der Waals surface area contributed by atoms with E-state index >= 15 is 0 Å². The van der Waals surface area contributed by atoms with Crippen molar-refractivity contribution in [2.75, 3.05) is 6.54 Å². The monoisotopic (exact) mass is 235 g/mol. The largest absolute Gasteiger partial charge is 0.348 e. The average Bonchev–Trinajstić information content (AvgIpc) is 2.20. The van der Waals surface area contributed by atoms with Gasteiger partial charge in [0.15, 0.2) is 0 Å². The maximum absolute atomic E-state index is 11.7. The fourth-order valence-electron chi connectivity index (χ4n) is 1.59. The molecule has 0 spiro atoms. The van der Waals surface area contributed by atoms with Gasteiger partial charge in [-0.3, -0.25) is 4.57 Å². The van der Waals surface area contributed by atoms with Gasteiger partial charge in [0.25, 0.3) is 0 Å². The highest BCUT2D eigenvalue weighted by Crippen LogP contribution is 2.00. The lowest BCUT2D eigenvalue weighted by molar-refractivity contribution is 0.592. The highest BCUT2D eigenvalue weighted by atomic mass is 16.1. The third-order valence-electron chi connectivity index (χ3n) is 2.49. The van der Waals surface area contributed by atoms with Crippen molar-refractivity contribution in [1.82, 2.24) is 14.9 Å². The third kappa shape index (κ3) is 4.15. The van der Waals surface area contributed by atoms with Gasteiger partial charge < -0.3 is 5.32 Å². The van der Waals surface area contributed by atoms with E-state index in [1.807, 2.05) is 19.9 Å². The highest BCUT2D eigenvalue weighted by molar-refractivity contribution is 5.09. The molecule has 17 heavy (non-hydrogen) atoms. The van der Waals surface area contributed by atoms with Crippen LogP contribution < -0.4 is 11.0 Å². The summed E-state index contributed by atoms with van der Waals surface area (Å²) in [6.45, 7) is 13.1. The zero-order chi connectivity index (χ0) is 13.0. The molecule has 0 amide bonds. The molecule has 4 heteroatoms. The second-order valence-corrected chi connectivity index (χ2v) is 4.69. The first-order chi connectivity index (χ1) is 7.90. The fourth-order valence-corrected chi connectivity index (χ4v) is 1.59. The fraction of sp³-hybridized carbons (Fsp3) is 0.538. The van der Waals surface area contributed by atoms with Crippen LogP contribution in [-0.4, -0.2) is 22.1 Å². The van der Waals surface area contributed by atoms with Gasteiger partial charge in [-0.05, 0) is 25.5 Å². The van der Waals surface area contributed by atoms with Gasteiger partial charge in [-0.25, -0.2) is 4.79 Å². The summed E-state index contributed by atoms with van der Waals surface area (Å²) in [4.78, 5) is 15.7. The number of hydrogen-bond donors (Lipinski definition) is 1. The summed E-state index contributed by atoms with van der Waals surface area (Å²) in [7, 11) is 0. The Morgan fingerprint density at radius 1 is 1.53 bits per heavy atom. The van der Waals surface area contributed by atoms with Crippen LogP contribution in [0.25, 0.3) is 0 Å². The lowest BCUT2D eigenvalue weighted by atomic mass is 10.2. The summed E-state index contributed by atoms with van der Waals surface area (Å²) >= 11 is 0. The van der Waals surface area contributed by atoms with E-state index in [9.17, 15) is 4.79 Å². The normalized spacial score (nSPS) is 10.9. The molecular formula is C13H21N3O. The molecule has 0 bridgehead atoms. The maximum atomic E-state index is 11.7. The van der Waals surface area contributed by atoms with Crippen molar-refractivity contribution in [3.8, 4) is 0 Å². The van der Waals surface area contributed by atoms with Crippen LogP contribution >= 0.6 is 0 Å². The Hall–Kier alpha value is -1.42. The molecule has 1 heterocycles. The van der Waals surface area contributed by atoms with Crippen LogP contribution in [0.15, 0.2) is 23.0 Å². The molecule has 0 atom stereocenters. The van der Waals surface area contributed by atoms with Crippen molar-refractivity contribution in [3.05, 3.63) is 40.1 Å². The minimum atomic E-state index is -0.201. The van der Waals surface area contributed by atoms with Gasteiger partial charge in [0, 0.05) is 30.5 Å². The SMILES string of the molecule is C=C(CNC(C)C)Cn1c(C)cc(C)nc1=O. The predicted molar refractivity (Wildman–Crippen MR) is 70.2 cm³/mol. The van der Waals surface area contributed by atoms with E-state index in [0.29, 0.717) is 12.6 Å². The molecule has 4 nitrogen and oxygen atoms in total. The second-order valence-electron chi connectivity index (χ2n) is 4.69. The first kappa shape index (κ1) is 13.6. The van der Waals surface area contributed by atoms with E-state index in [4.69, 9.17) is 0 Å². The summed E-state index contributed by atoms with van der Waals surface area (Å²) in [5.41, 5.74) is 2.46. The molecule has 0 saturated heterocycles. The number of aryl methyl sites for hydroxylation is 2. The van der Waals surface area contributed by atoms with Gasteiger partial charge in [0.05, 0.1) is 0 Å². The van der Waals surface area contributed by atoms with Crippen molar-refractivity contribution in [1.29, 1.82) is 0 Å². The van der Waals surface area contributed by atoms with Crippen molar-refractivity contribution in [2.24, 2.45) is 0 Å². The van der Waals surface area contributed by atoms with Crippen LogP contribution in [0.5, 0.6) is 0 Å². The highest BCUT2D eigenvalue weighted by Gasteiger charge is 2.04. The Bertz CT molecular complexity index is 460. The third-order valence-corrected chi connectivity index (χ3v) is 2.49. The molecule has 1 rings (SSSR count). The Balaban J connectivity index is 2.75. The van der Waals surface area contributed by atoms with Crippen molar-refractivity contribution in [3.63, 3.8) is 0 Å². The van der Waals surface area contributed by atoms with Crippen LogP contribution in [0.2, 0.25) is 0 Å². The zero-order valence-electron chi connectivity index (χ0n) is 11.1. The molecular weight excluding hydrogens is 214 g/mol. The lowest BCUT2D eigenvalue weighted by Gasteiger charge is -2.13. The van der Waals surface area contributed by atoms with Gasteiger partial charge in [-0.2, -0.15) is 4.98 Å². The minimum Gasteiger partial charge on any atom is -0.311 e. The summed E-state index contributed by atoms with van der Waals surface area (Å²) in [6.07, 6.45) is 0. The summed E-state index contributed by atoms with van der Waals surface area (Å²) < 4.78 is 1.65. The number of nitrogens with one attached hydrogen (secondary N) is 1. The molecule has 0 aromatic carbocycles. The van der Waals surface area contributed by atoms with E-state index in [2.05, 4.69) is 30.7 Å². The molecule has 0 unspecified atom stereocenters. The summed E-state index contributed by atoms with van der Waals surface area (Å²) in [5.74, 6) is 0. The van der Waals surface area contributed by atoms with Crippen LogP contribution in [-0.2, 0) is 6.54 Å². The topological polar surface area (TPSA) is 46.9 Å². The van der Waals surface area contributed by atoms with E-state index in [-0.39, 0.29) is 5.69 Å². The first-order valence-corrected chi connectivity index (χ1v) is 5.85. The maximum Gasteiger partial charge on any atom is 0.348 e. The number of nitrogens with zero attached hydrogens (tertiary/aromatic N) is 2. The average molecular weight is 235 g/mol. The summed E-state index contributed by atoms with van der Waals surface area (Å²) in [6, 6.07) is 2.32. The molecule has 1 aromatic rings. The Morgan fingerprint density at radius 2 is 2.18 bits per heavy atom. The quantitative estimate of drug-likeness (QED) is 0.785. The first-order valence-electron chi connectivity index (χ1n) is 5.85. The second kappa shape index (κ2) is 5.77. The van der Waals surface area contributed by atoms with Gasteiger partial charge >= 0.3 is 5.69 Å². The number of aromatic nitrogens is 2. The minimum absolute atomic E-state index is 0.201. The van der Waals surface area contributed by atoms with E-state index in [1.54, 1.807) is 4.57 Å². The van der Waals surface area contributed by atoms with E-state index in [0.717, 1.165) is 23.5 Å². The number of rotatable bonds is 5. The van der Waals surface area contributed by atoms with Crippen LogP contribution in [0, 0.1) is 13.8 Å². The van der Waals surface area contributed by atoms with Crippen molar-refractivity contribution in [2.45, 2.75) is 40.3 Å². The smallest absolute Gasteiger partial charge is 0.311 e. The molecule has 94 valence electrons. The van der Waals surface area contributed by atoms with Crippen LogP contribution in [0.4, 0.5) is 0 Å². The predicted octanol–water partition coefficient (Wildman–Crippen LogP) is 1.41. The van der Waals surface area contributed by atoms with Crippen molar-refractivity contribution >= 4 is 0 Å². The lowest BCUT2D eigenvalue weighted by Crippen LogP contribution is -2.30. The Labute approximate surface area is 102 Å². The van der Waals surface area contributed by atoms with Gasteiger partial charge in [0.1, 0.15) is 0 Å². The van der Waals surface area contributed by atoms with Gasteiger partial charge in [-0.1, -0.05) is 20.4 Å². The molecule has 1 N–H and O–H groups in total. The van der Waals surface area contributed by atoms with E-state index in [1.165, 1.54) is 0 Å². The molecule has 0 radical (unpaired) electrons. The molecule has 0 saturated carbocycles. The number of hydrogen-bond acceptors (Lipinski definition) is 3. The van der Waals surface area contributed by atoms with Crippen LogP contribution in [0.3, 0.4) is 0 Å². The standard InChI is InChI=1S/C13H21N3O/c1-9(2)14-7-10(3)8-16-12(5)6-11(4)15-13(16)17/h6,9,14H,3,7-8H2,1-2,4-5H3.